The van der Waals surface area contributed by atoms with Crippen LogP contribution in [0, 0.1) is 0 Å². The van der Waals surface area contributed by atoms with E-state index in [0.29, 0.717) is 43.4 Å². The van der Waals surface area contributed by atoms with E-state index >= 15 is 0 Å². The van der Waals surface area contributed by atoms with Crippen LogP contribution in [0.3, 0.4) is 0 Å². The summed E-state index contributed by atoms with van der Waals surface area (Å²) >= 11 is 0. The van der Waals surface area contributed by atoms with Crippen LogP contribution in [0.1, 0.15) is 119 Å². The van der Waals surface area contributed by atoms with Crippen LogP contribution in [0.25, 0.3) is 0 Å². The zero-order valence-corrected chi connectivity index (χ0v) is 27.9. The Labute approximate surface area is 277 Å². The van der Waals surface area contributed by atoms with Crippen LogP contribution in [0.4, 0.5) is 26.3 Å². The number of alkyl halides is 6. The normalized spacial score (nSPS) is 11.9. The predicted octanol–water partition coefficient (Wildman–Crippen LogP) is 7.75. The van der Waals surface area contributed by atoms with Gasteiger partial charge in [0.15, 0.2) is 5.52 Å². The Morgan fingerprint density at radius 1 is 0.644 bits per heavy atom. The Bertz CT molecular complexity index is 1090. The van der Waals surface area contributed by atoms with Crippen molar-refractivity contribution in [1.82, 2.24) is 0 Å². The first kappa shape index (κ1) is 41.1. The Morgan fingerprint density at radius 3 is 1.42 bits per heavy atom. The van der Waals surface area contributed by atoms with Crippen molar-refractivity contribution in [3.8, 4) is 17.2 Å². The maximum atomic E-state index is 13.9. The monoisotopic (exact) mass is 657 g/mol. The molecule has 2 aromatic rings. The molecule has 0 amide bonds. The average Bonchev–Trinajstić information content (AvgIpc) is 2.96. The summed E-state index contributed by atoms with van der Waals surface area (Å²) in [6.07, 6.45) is 0.692. The fraction of sp³-hybridized carbons (Fsp3) is 0.606. The van der Waals surface area contributed by atoms with Gasteiger partial charge >= 0.3 is 31.2 Å². The number of hydrogen-bond acceptors (Lipinski definition) is 4. The fourth-order valence-electron chi connectivity index (χ4n) is 4.59. The predicted molar refractivity (Wildman–Crippen MR) is 164 cm³/mol. The molecule has 0 spiro atoms. The Balaban J connectivity index is 0.0000101. The Kier molecular flexibility index (Phi) is 19.3. The number of rotatable bonds is 21. The molecule has 0 N–H and O–H groups in total. The number of halogens is 6. The van der Waals surface area contributed by atoms with Crippen molar-refractivity contribution < 1.29 is 64.2 Å². The summed E-state index contributed by atoms with van der Waals surface area (Å²) < 4.78 is 101. The summed E-state index contributed by atoms with van der Waals surface area (Å²) in [5.41, 5.74) is -5.95. The van der Waals surface area contributed by atoms with Crippen molar-refractivity contribution in [2.24, 2.45) is 0 Å². The number of carbonyl (C=O) groups is 1. The first-order valence-electron chi connectivity index (χ1n) is 15.6. The summed E-state index contributed by atoms with van der Waals surface area (Å²) in [6, 6.07) is 4.77. The molecule has 45 heavy (non-hydrogen) atoms. The third kappa shape index (κ3) is 14.2. The molecule has 0 radical (unpaired) electrons. The molecule has 0 fully saturated rings. The molecular formula is C33H45F6LiO4P+. The van der Waals surface area contributed by atoms with Crippen LogP contribution >= 0.6 is 8.58 Å². The summed E-state index contributed by atoms with van der Waals surface area (Å²) in [4.78, 5) is 13.5. The molecule has 2 rings (SSSR count). The first-order chi connectivity index (χ1) is 20.9. The summed E-state index contributed by atoms with van der Waals surface area (Å²) in [7, 11) is -1.12. The van der Waals surface area contributed by atoms with E-state index in [1.54, 1.807) is 12.1 Å². The fourth-order valence-corrected chi connectivity index (χ4v) is 5.74. The van der Waals surface area contributed by atoms with Gasteiger partial charge in [0, 0.05) is 17.7 Å². The van der Waals surface area contributed by atoms with E-state index in [9.17, 15) is 31.1 Å². The number of benzene rings is 2. The Hall–Kier alpha value is -1.88. The van der Waals surface area contributed by atoms with Gasteiger partial charge in [-0.1, -0.05) is 84.6 Å². The van der Waals surface area contributed by atoms with E-state index < -0.39 is 43.1 Å². The average molecular weight is 658 g/mol. The van der Waals surface area contributed by atoms with E-state index in [4.69, 9.17) is 14.2 Å². The van der Waals surface area contributed by atoms with Gasteiger partial charge in [-0.25, -0.2) is 0 Å². The Morgan fingerprint density at radius 2 is 1.04 bits per heavy atom. The summed E-state index contributed by atoms with van der Waals surface area (Å²) in [6.45, 7) is 7.15. The quantitative estimate of drug-likeness (QED) is 0.0597. The van der Waals surface area contributed by atoms with Crippen LogP contribution in [0.2, 0.25) is 0 Å². The zero-order chi connectivity index (χ0) is 32.6. The van der Waals surface area contributed by atoms with Gasteiger partial charge in [-0.2, -0.15) is 26.3 Å². The molecule has 2 aromatic carbocycles. The molecule has 12 heteroatoms. The molecule has 0 heterocycles. The van der Waals surface area contributed by atoms with Gasteiger partial charge in [0.25, 0.3) is 0 Å². The van der Waals surface area contributed by atoms with E-state index in [1.807, 2.05) is 0 Å². The smallest absolute Gasteiger partial charge is 0.493 e. The second-order valence-electron chi connectivity index (χ2n) is 10.7. The molecule has 1 unspecified atom stereocenters. The summed E-state index contributed by atoms with van der Waals surface area (Å²) in [5.74, 6) is 0.739. The van der Waals surface area contributed by atoms with E-state index in [2.05, 4.69) is 20.8 Å². The van der Waals surface area contributed by atoms with E-state index in [1.165, 1.54) is 0 Å². The van der Waals surface area contributed by atoms with Crippen molar-refractivity contribution in [1.29, 1.82) is 0 Å². The second kappa shape index (κ2) is 21.1. The van der Waals surface area contributed by atoms with Gasteiger partial charge in [0.05, 0.1) is 36.3 Å². The standard InChI is InChI=1S/C33H45F6O4P.Li/c1-4-7-10-13-19-41-24-22-27(42-20-14-11-8-5-2)30(28(23-24)43-21-15-12-9-6-3)44-31(40)29-25(32(34,35)36)17-16-18-26(29)33(37,38)39;/h16-18,22-23,44H,4-15,19-21H2,1-3H3;/q;+1. The SMILES string of the molecule is CCCCCCOc1cc(OCCCCCC)c(PC(=O)c2c(C(F)(F)F)cccc2C(F)(F)F)c(OCCCCCC)c1.[Li+]. The maximum absolute atomic E-state index is 13.9. The van der Waals surface area contributed by atoms with Gasteiger partial charge in [-0.3, -0.25) is 4.79 Å². The minimum atomic E-state index is -5.16. The molecule has 0 aliphatic carbocycles. The van der Waals surface area contributed by atoms with Gasteiger partial charge in [0.2, 0.25) is 0 Å². The van der Waals surface area contributed by atoms with E-state index in [-0.39, 0.29) is 48.9 Å². The van der Waals surface area contributed by atoms with Crippen molar-refractivity contribution in [2.45, 2.75) is 110 Å². The number of ether oxygens (including phenoxy) is 3. The molecule has 248 valence electrons. The molecule has 0 saturated heterocycles. The topological polar surface area (TPSA) is 44.8 Å². The van der Waals surface area contributed by atoms with Crippen molar-refractivity contribution in [3.63, 3.8) is 0 Å². The molecule has 0 bridgehead atoms. The minimum absolute atomic E-state index is 0. The van der Waals surface area contributed by atoms with Crippen LogP contribution in [-0.4, -0.2) is 25.3 Å². The number of hydrogen-bond donors (Lipinski definition) is 0. The van der Waals surface area contributed by atoms with Crippen molar-refractivity contribution >= 4 is 19.4 Å². The number of unbranched alkanes of at least 4 members (excludes halogenated alkanes) is 9. The van der Waals surface area contributed by atoms with Crippen molar-refractivity contribution in [3.05, 3.63) is 47.0 Å². The number of carbonyl (C=O) groups excluding carboxylic acids is 1. The van der Waals surface area contributed by atoms with Crippen LogP contribution in [0.5, 0.6) is 17.2 Å². The molecule has 0 aromatic heterocycles. The molecule has 1 atom stereocenters. The molecular weight excluding hydrogens is 612 g/mol. The zero-order valence-electron chi connectivity index (χ0n) is 26.9. The van der Waals surface area contributed by atoms with Crippen molar-refractivity contribution in [2.75, 3.05) is 19.8 Å². The van der Waals surface area contributed by atoms with Gasteiger partial charge < -0.3 is 14.2 Å². The molecule has 0 aliphatic heterocycles. The van der Waals surface area contributed by atoms with Gasteiger partial charge in [-0.15, -0.1) is 0 Å². The van der Waals surface area contributed by atoms with Crippen LogP contribution in [-0.2, 0) is 12.4 Å². The maximum Gasteiger partial charge on any atom is 1.00 e. The van der Waals surface area contributed by atoms with Crippen LogP contribution in [0.15, 0.2) is 30.3 Å². The second-order valence-corrected chi connectivity index (χ2v) is 11.9. The van der Waals surface area contributed by atoms with Gasteiger partial charge in [-0.05, 0) is 40.0 Å². The van der Waals surface area contributed by atoms with E-state index in [0.717, 1.165) is 64.2 Å². The molecule has 0 saturated carbocycles. The summed E-state index contributed by atoms with van der Waals surface area (Å²) in [5, 5.41) is 0.129. The van der Waals surface area contributed by atoms with Crippen LogP contribution < -0.4 is 38.4 Å². The molecule has 0 aliphatic rings. The third-order valence-corrected chi connectivity index (χ3v) is 8.18. The minimum Gasteiger partial charge on any atom is -0.493 e. The molecule has 4 nitrogen and oxygen atoms in total. The van der Waals surface area contributed by atoms with Gasteiger partial charge in [0.1, 0.15) is 17.2 Å². The largest absolute Gasteiger partial charge is 1.00 e. The third-order valence-electron chi connectivity index (χ3n) is 6.96. The first-order valence-corrected chi connectivity index (χ1v) is 16.6.